The highest BCUT2D eigenvalue weighted by molar-refractivity contribution is 5.70. The lowest BCUT2D eigenvalue weighted by Gasteiger charge is -2.26. The van der Waals surface area contributed by atoms with Crippen molar-refractivity contribution in [2.24, 2.45) is 0 Å². The summed E-state index contributed by atoms with van der Waals surface area (Å²) < 4.78 is 38.5. The van der Waals surface area contributed by atoms with Crippen LogP contribution in [-0.2, 0) is 6.61 Å². The van der Waals surface area contributed by atoms with Crippen LogP contribution in [0.4, 0.5) is 8.78 Å². The number of nitrogens with zero attached hydrogens (tertiary/aromatic N) is 2. The molecule has 7 heteroatoms. The third-order valence-corrected chi connectivity index (χ3v) is 5.85. The van der Waals surface area contributed by atoms with Gasteiger partial charge in [-0.3, -0.25) is 4.98 Å². The zero-order chi connectivity index (χ0) is 22.0. The average Bonchev–Trinajstić information content (AvgIpc) is 3.24. The number of alkyl halides is 2. The van der Waals surface area contributed by atoms with Crippen LogP contribution in [0.2, 0.25) is 0 Å². The lowest BCUT2D eigenvalue weighted by molar-refractivity contribution is -0.0387. The van der Waals surface area contributed by atoms with Crippen molar-refractivity contribution in [3.05, 3.63) is 59.3 Å². The van der Waals surface area contributed by atoms with Crippen molar-refractivity contribution in [2.45, 2.75) is 58.0 Å². The molecule has 31 heavy (non-hydrogen) atoms. The maximum Gasteiger partial charge on any atom is 0.248 e. The van der Waals surface area contributed by atoms with Gasteiger partial charge in [0.25, 0.3) is 0 Å². The highest BCUT2D eigenvalue weighted by Gasteiger charge is 2.36. The monoisotopic (exact) mass is 427 g/mol. The lowest BCUT2D eigenvalue weighted by atomic mass is 9.86. The van der Waals surface area contributed by atoms with E-state index in [2.05, 4.69) is 15.0 Å². The molecule has 0 unspecified atom stereocenters. The standard InChI is InChI=1S/C24H27F2N3O2/c1-15-10-19(20-13-28-23(29-20)18-6-8-24(25,26)9-7-18)22(30-3)11-21(15)31-14-17-5-4-16(2)27-12-17/h4-5,10-13,18H,6-9,14H2,1-3H3,(H,28,29). The molecule has 1 aliphatic carbocycles. The molecular weight excluding hydrogens is 400 g/mol. The van der Waals surface area contributed by atoms with Gasteiger partial charge < -0.3 is 14.5 Å². The van der Waals surface area contributed by atoms with Gasteiger partial charge in [-0.25, -0.2) is 13.8 Å². The summed E-state index contributed by atoms with van der Waals surface area (Å²) in [7, 11) is 1.61. The molecule has 1 saturated carbocycles. The highest BCUT2D eigenvalue weighted by Crippen LogP contribution is 2.41. The topological polar surface area (TPSA) is 60.0 Å². The number of hydrogen-bond acceptors (Lipinski definition) is 4. The number of rotatable bonds is 6. The number of pyridine rings is 1. The van der Waals surface area contributed by atoms with Gasteiger partial charge in [0.2, 0.25) is 5.92 Å². The first-order chi connectivity index (χ1) is 14.8. The zero-order valence-electron chi connectivity index (χ0n) is 18.0. The van der Waals surface area contributed by atoms with Crippen LogP contribution in [0.25, 0.3) is 11.3 Å². The van der Waals surface area contributed by atoms with Gasteiger partial charge in [-0.05, 0) is 44.4 Å². The highest BCUT2D eigenvalue weighted by atomic mass is 19.3. The van der Waals surface area contributed by atoms with Crippen LogP contribution in [-0.4, -0.2) is 28.0 Å². The van der Waals surface area contributed by atoms with Gasteiger partial charge in [0, 0.05) is 47.8 Å². The number of aromatic amines is 1. The Labute approximate surface area is 180 Å². The van der Waals surface area contributed by atoms with Crippen molar-refractivity contribution in [1.29, 1.82) is 0 Å². The molecule has 0 atom stereocenters. The quantitative estimate of drug-likeness (QED) is 0.527. The van der Waals surface area contributed by atoms with Crippen molar-refractivity contribution >= 4 is 0 Å². The third kappa shape index (κ3) is 4.86. The molecule has 0 amide bonds. The van der Waals surface area contributed by atoms with E-state index in [1.807, 2.05) is 44.3 Å². The van der Waals surface area contributed by atoms with E-state index in [0.717, 1.165) is 39.7 Å². The molecule has 4 rings (SSSR count). The molecular formula is C24H27F2N3O2. The lowest BCUT2D eigenvalue weighted by Crippen LogP contribution is -2.24. The van der Waals surface area contributed by atoms with Gasteiger partial charge in [0.15, 0.2) is 0 Å². The molecule has 0 saturated heterocycles. The molecule has 0 radical (unpaired) electrons. The summed E-state index contributed by atoms with van der Waals surface area (Å²) in [6.45, 7) is 4.34. The molecule has 0 aliphatic heterocycles. The number of ether oxygens (including phenoxy) is 2. The number of benzene rings is 1. The molecule has 1 aliphatic rings. The fraction of sp³-hybridized carbons (Fsp3) is 0.417. The predicted molar refractivity (Wildman–Crippen MR) is 115 cm³/mol. The van der Waals surface area contributed by atoms with E-state index in [-0.39, 0.29) is 18.8 Å². The van der Waals surface area contributed by atoms with Gasteiger partial charge in [0.05, 0.1) is 19.0 Å². The molecule has 1 aromatic carbocycles. The smallest absolute Gasteiger partial charge is 0.248 e. The van der Waals surface area contributed by atoms with Gasteiger partial charge >= 0.3 is 0 Å². The number of aryl methyl sites for hydroxylation is 2. The van der Waals surface area contributed by atoms with E-state index in [0.29, 0.717) is 25.2 Å². The second kappa shape index (κ2) is 8.65. The summed E-state index contributed by atoms with van der Waals surface area (Å²) >= 11 is 0. The van der Waals surface area contributed by atoms with E-state index in [1.165, 1.54) is 0 Å². The molecule has 0 bridgehead atoms. The zero-order valence-corrected chi connectivity index (χ0v) is 18.0. The first kappa shape index (κ1) is 21.3. The number of hydrogen-bond donors (Lipinski definition) is 1. The Morgan fingerprint density at radius 3 is 2.52 bits per heavy atom. The Kier molecular flexibility index (Phi) is 5.94. The van der Waals surface area contributed by atoms with E-state index in [9.17, 15) is 8.78 Å². The van der Waals surface area contributed by atoms with Crippen molar-refractivity contribution in [3.8, 4) is 22.8 Å². The third-order valence-electron chi connectivity index (χ3n) is 5.85. The van der Waals surface area contributed by atoms with Crippen LogP contribution in [0, 0.1) is 13.8 Å². The van der Waals surface area contributed by atoms with Gasteiger partial charge in [-0.1, -0.05) is 6.07 Å². The Hall–Kier alpha value is -2.96. The largest absolute Gasteiger partial charge is 0.496 e. The van der Waals surface area contributed by atoms with Crippen LogP contribution in [0.15, 0.2) is 36.7 Å². The maximum absolute atomic E-state index is 13.5. The summed E-state index contributed by atoms with van der Waals surface area (Å²) in [5, 5.41) is 0. The van der Waals surface area contributed by atoms with Crippen LogP contribution < -0.4 is 9.47 Å². The molecule has 0 spiro atoms. The van der Waals surface area contributed by atoms with Crippen LogP contribution in [0.1, 0.15) is 54.2 Å². The van der Waals surface area contributed by atoms with Crippen molar-refractivity contribution in [3.63, 3.8) is 0 Å². The number of halogens is 2. The summed E-state index contributed by atoms with van der Waals surface area (Å²) in [5.41, 5.74) is 4.59. The number of aromatic nitrogens is 3. The van der Waals surface area contributed by atoms with Crippen molar-refractivity contribution < 1.29 is 18.3 Å². The molecule has 1 N–H and O–H groups in total. The molecule has 164 valence electrons. The Morgan fingerprint density at radius 1 is 1.06 bits per heavy atom. The maximum atomic E-state index is 13.5. The Morgan fingerprint density at radius 2 is 1.84 bits per heavy atom. The first-order valence-corrected chi connectivity index (χ1v) is 10.5. The van der Waals surface area contributed by atoms with E-state index < -0.39 is 5.92 Å². The fourth-order valence-corrected chi connectivity index (χ4v) is 3.94. The second-order valence-electron chi connectivity index (χ2n) is 8.23. The van der Waals surface area contributed by atoms with Crippen LogP contribution in [0.5, 0.6) is 11.5 Å². The normalized spacial score (nSPS) is 16.3. The minimum Gasteiger partial charge on any atom is -0.496 e. The minimum absolute atomic E-state index is 0.0335. The fourth-order valence-electron chi connectivity index (χ4n) is 3.94. The van der Waals surface area contributed by atoms with Gasteiger partial charge in [-0.15, -0.1) is 0 Å². The van der Waals surface area contributed by atoms with Gasteiger partial charge in [0.1, 0.15) is 23.9 Å². The Balaban J connectivity index is 1.52. The number of methoxy groups -OCH3 is 1. The van der Waals surface area contributed by atoms with Crippen LogP contribution >= 0.6 is 0 Å². The molecule has 2 heterocycles. The van der Waals surface area contributed by atoms with Crippen molar-refractivity contribution in [1.82, 2.24) is 15.0 Å². The SMILES string of the molecule is COc1cc(OCc2ccc(C)nc2)c(C)cc1-c1cnc(C2CCC(F)(F)CC2)[nH]1. The summed E-state index contributed by atoms with van der Waals surface area (Å²) in [4.78, 5) is 12.1. The molecule has 2 aromatic heterocycles. The van der Waals surface area contributed by atoms with E-state index >= 15 is 0 Å². The van der Waals surface area contributed by atoms with E-state index in [4.69, 9.17) is 9.47 Å². The minimum atomic E-state index is -2.54. The number of nitrogens with one attached hydrogen (secondary N) is 1. The first-order valence-electron chi connectivity index (χ1n) is 10.5. The molecule has 5 nitrogen and oxygen atoms in total. The number of imidazole rings is 1. The average molecular weight is 427 g/mol. The summed E-state index contributed by atoms with van der Waals surface area (Å²) in [6, 6.07) is 7.82. The van der Waals surface area contributed by atoms with Gasteiger partial charge in [-0.2, -0.15) is 0 Å². The number of H-pyrrole nitrogens is 1. The molecule has 1 fully saturated rings. The Bertz CT molecular complexity index is 1040. The summed E-state index contributed by atoms with van der Waals surface area (Å²) in [6.07, 6.45) is 4.27. The molecule has 3 aromatic rings. The van der Waals surface area contributed by atoms with Crippen molar-refractivity contribution in [2.75, 3.05) is 7.11 Å². The second-order valence-corrected chi connectivity index (χ2v) is 8.23. The predicted octanol–water partition coefficient (Wildman–Crippen LogP) is 5.97. The van der Waals surface area contributed by atoms with E-state index in [1.54, 1.807) is 13.3 Å². The van der Waals surface area contributed by atoms with Crippen LogP contribution in [0.3, 0.4) is 0 Å². The summed E-state index contributed by atoms with van der Waals surface area (Å²) in [5.74, 6) is -0.358.